The number of rotatable bonds is 17. The Morgan fingerprint density at radius 3 is 1.77 bits per heavy atom. The van der Waals surface area contributed by atoms with Crippen LogP contribution in [0.1, 0.15) is 103 Å². The maximum absolute atomic E-state index is 5.78. The summed E-state index contributed by atoms with van der Waals surface area (Å²) >= 11 is 0. The van der Waals surface area contributed by atoms with E-state index in [4.69, 9.17) is 4.74 Å². The molecule has 1 aromatic heterocycles. The number of aryl methyl sites for hydroxylation is 1. The van der Waals surface area contributed by atoms with E-state index in [0.717, 1.165) is 30.2 Å². The summed E-state index contributed by atoms with van der Waals surface area (Å²) in [5.41, 5.74) is 2.48. The molecule has 166 valence electrons. The topological polar surface area (TPSA) is 35.0 Å². The number of nitrogens with zero attached hydrogens (tertiary/aromatic N) is 2. The summed E-state index contributed by atoms with van der Waals surface area (Å²) in [6.07, 6.45) is 21.9. The third-order valence-corrected chi connectivity index (χ3v) is 5.68. The number of benzene rings is 1. The van der Waals surface area contributed by atoms with Crippen molar-refractivity contribution in [2.24, 2.45) is 0 Å². The number of hydrogen-bond donors (Lipinski definition) is 0. The third kappa shape index (κ3) is 10.2. The average Bonchev–Trinajstić information content (AvgIpc) is 2.79. The standard InChI is InChI=1S/C27H42N2O/c1-3-5-7-9-11-12-14-16-24-17-19-25(20-18-24)27-28-22-26(23-29-27)30-21-15-13-10-8-6-4-2/h17-20,22-23H,3-16,21H2,1-2H3. The van der Waals surface area contributed by atoms with Gasteiger partial charge >= 0.3 is 0 Å². The second kappa shape index (κ2) is 15.9. The van der Waals surface area contributed by atoms with Crippen molar-refractivity contribution in [3.63, 3.8) is 0 Å². The number of unbranched alkanes of at least 4 members (excludes halogenated alkanes) is 11. The molecule has 1 aromatic carbocycles. The monoisotopic (exact) mass is 410 g/mol. The Hall–Kier alpha value is -1.90. The lowest BCUT2D eigenvalue weighted by Crippen LogP contribution is -1.99. The van der Waals surface area contributed by atoms with Crippen molar-refractivity contribution in [1.29, 1.82) is 0 Å². The van der Waals surface area contributed by atoms with Gasteiger partial charge in [-0.15, -0.1) is 0 Å². The molecule has 0 spiro atoms. The molecular formula is C27H42N2O. The van der Waals surface area contributed by atoms with Gasteiger partial charge in [-0.1, -0.05) is 109 Å². The van der Waals surface area contributed by atoms with E-state index in [-0.39, 0.29) is 0 Å². The quantitative estimate of drug-likeness (QED) is 0.247. The molecule has 30 heavy (non-hydrogen) atoms. The van der Waals surface area contributed by atoms with Gasteiger partial charge in [0.05, 0.1) is 19.0 Å². The van der Waals surface area contributed by atoms with E-state index in [9.17, 15) is 0 Å². The van der Waals surface area contributed by atoms with Crippen LogP contribution in [0.25, 0.3) is 11.4 Å². The molecule has 0 unspecified atom stereocenters. The molecule has 0 fully saturated rings. The van der Waals surface area contributed by atoms with Gasteiger partial charge in [-0.05, 0) is 24.8 Å². The summed E-state index contributed by atoms with van der Waals surface area (Å²) in [7, 11) is 0. The van der Waals surface area contributed by atoms with Crippen molar-refractivity contribution in [2.75, 3.05) is 6.61 Å². The van der Waals surface area contributed by atoms with Crippen molar-refractivity contribution in [3.05, 3.63) is 42.2 Å². The molecule has 0 bridgehead atoms. The van der Waals surface area contributed by atoms with Gasteiger partial charge in [0.15, 0.2) is 11.6 Å². The number of hydrogen-bond acceptors (Lipinski definition) is 3. The Bertz CT molecular complexity index is 592. The number of ether oxygens (including phenoxy) is 1. The maximum atomic E-state index is 5.78. The smallest absolute Gasteiger partial charge is 0.159 e. The maximum Gasteiger partial charge on any atom is 0.159 e. The molecule has 0 amide bonds. The van der Waals surface area contributed by atoms with Crippen molar-refractivity contribution < 1.29 is 4.74 Å². The van der Waals surface area contributed by atoms with E-state index in [2.05, 4.69) is 48.1 Å². The van der Waals surface area contributed by atoms with Crippen LogP contribution in [0.4, 0.5) is 0 Å². The van der Waals surface area contributed by atoms with E-state index in [0.29, 0.717) is 0 Å². The van der Waals surface area contributed by atoms with Gasteiger partial charge in [-0.2, -0.15) is 0 Å². The first-order valence-corrected chi connectivity index (χ1v) is 12.4. The van der Waals surface area contributed by atoms with E-state index >= 15 is 0 Å². The van der Waals surface area contributed by atoms with Crippen molar-refractivity contribution in [1.82, 2.24) is 9.97 Å². The lowest BCUT2D eigenvalue weighted by molar-refractivity contribution is 0.302. The number of aromatic nitrogens is 2. The molecule has 2 rings (SSSR count). The highest BCUT2D eigenvalue weighted by Crippen LogP contribution is 2.19. The fourth-order valence-corrected chi connectivity index (χ4v) is 3.72. The Morgan fingerprint density at radius 2 is 1.17 bits per heavy atom. The van der Waals surface area contributed by atoms with E-state index in [1.165, 1.54) is 89.0 Å². The Balaban J connectivity index is 1.65. The predicted octanol–water partition coefficient (Wildman–Crippen LogP) is 8.18. The minimum atomic E-state index is 0.752. The van der Waals surface area contributed by atoms with Gasteiger partial charge in [0.25, 0.3) is 0 Å². The fraction of sp³-hybridized carbons (Fsp3) is 0.630. The SMILES string of the molecule is CCCCCCCCCc1ccc(-c2ncc(OCCCCCCCC)cn2)cc1. The Labute approximate surface area is 184 Å². The van der Waals surface area contributed by atoms with E-state index in [1.54, 1.807) is 12.4 Å². The van der Waals surface area contributed by atoms with Crippen LogP contribution in [0.2, 0.25) is 0 Å². The zero-order valence-electron chi connectivity index (χ0n) is 19.4. The van der Waals surface area contributed by atoms with Crippen LogP contribution in [0.5, 0.6) is 5.75 Å². The normalized spacial score (nSPS) is 11.0. The zero-order valence-corrected chi connectivity index (χ0v) is 19.4. The van der Waals surface area contributed by atoms with Crippen LogP contribution in [0.3, 0.4) is 0 Å². The summed E-state index contributed by atoms with van der Waals surface area (Å²) in [5.74, 6) is 1.53. The summed E-state index contributed by atoms with van der Waals surface area (Å²) in [5, 5.41) is 0. The largest absolute Gasteiger partial charge is 0.490 e. The van der Waals surface area contributed by atoms with Crippen LogP contribution in [0.15, 0.2) is 36.7 Å². The van der Waals surface area contributed by atoms with Crippen LogP contribution < -0.4 is 4.74 Å². The van der Waals surface area contributed by atoms with Gasteiger partial charge in [0.2, 0.25) is 0 Å². The minimum Gasteiger partial charge on any atom is -0.490 e. The van der Waals surface area contributed by atoms with Crippen LogP contribution in [-0.4, -0.2) is 16.6 Å². The molecule has 0 aliphatic carbocycles. The van der Waals surface area contributed by atoms with Gasteiger partial charge in [0, 0.05) is 5.56 Å². The van der Waals surface area contributed by atoms with Crippen LogP contribution in [0, 0.1) is 0 Å². The molecule has 3 heteroatoms. The highest BCUT2D eigenvalue weighted by atomic mass is 16.5. The Morgan fingerprint density at radius 1 is 0.633 bits per heavy atom. The van der Waals surface area contributed by atoms with Gasteiger partial charge in [-0.3, -0.25) is 0 Å². The molecule has 0 saturated heterocycles. The molecule has 0 radical (unpaired) electrons. The van der Waals surface area contributed by atoms with Gasteiger partial charge in [-0.25, -0.2) is 9.97 Å². The fourth-order valence-electron chi connectivity index (χ4n) is 3.72. The summed E-state index contributed by atoms with van der Waals surface area (Å²) in [6.45, 7) is 5.27. The van der Waals surface area contributed by atoms with Gasteiger partial charge in [0.1, 0.15) is 0 Å². The van der Waals surface area contributed by atoms with E-state index < -0.39 is 0 Å². The second-order valence-corrected chi connectivity index (χ2v) is 8.43. The summed E-state index contributed by atoms with van der Waals surface area (Å²) in [4.78, 5) is 8.99. The predicted molar refractivity (Wildman–Crippen MR) is 128 cm³/mol. The zero-order chi connectivity index (χ0) is 21.3. The third-order valence-electron chi connectivity index (χ3n) is 5.68. The van der Waals surface area contributed by atoms with Crippen molar-refractivity contribution >= 4 is 0 Å². The Kier molecular flexibility index (Phi) is 12.9. The molecule has 3 nitrogen and oxygen atoms in total. The van der Waals surface area contributed by atoms with Crippen molar-refractivity contribution in [3.8, 4) is 17.1 Å². The van der Waals surface area contributed by atoms with Crippen LogP contribution >= 0.6 is 0 Å². The first-order chi connectivity index (χ1) is 14.8. The van der Waals surface area contributed by atoms with E-state index in [1.807, 2.05) is 0 Å². The molecule has 0 saturated carbocycles. The lowest BCUT2D eigenvalue weighted by atomic mass is 10.0. The first-order valence-electron chi connectivity index (χ1n) is 12.4. The second-order valence-electron chi connectivity index (χ2n) is 8.43. The molecule has 0 N–H and O–H groups in total. The lowest BCUT2D eigenvalue weighted by Gasteiger charge is -2.07. The molecule has 0 aliphatic heterocycles. The highest BCUT2D eigenvalue weighted by Gasteiger charge is 2.03. The molecule has 0 aliphatic rings. The molecular weight excluding hydrogens is 368 g/mol. The summed E-state index contributed by atoms with van der Waals surface area (Å²) < 4.78 is 5.78. The average molecular weight is 411 g/mol. The minimum absolute atomic E-state index is 0.752. The molecule has 0 atom stereocenters. The molecule has 2 aromatic rings. The van der Waals surface area contributed by atoms with Crippen molar-refractivity contribution in [2.45, 2.75) is 104 Å². The highest BCUT2D eigenvalue weighted by molar-refractivity contribution is 5.55. The summed E-state index contributed by atoms with van der Waals surface area (Å²) in [6, 6.07) is 8.73. The first kappa shape index (κ1) is 24.4. The van der Waals surface area contributed by atoms with Crippen LogP contribution in [-0.2, 0) is 6.42 Å². The van der Waals surface area contributed by atoms with Gasteiger partial charge < -0.3 is 4.74 Å². The molecule has 1 heterocycles.